The van der Waals surface area contributed by atoms with Gasteiger partial charge in [-0.25, -0.2) is 9.18 Å². The maximum Gasteiger partial charge on any atom is 0.337 e. The van der Waals surface area contributed by atoms with Gasteiger partial charge in [0, 0.05) is 17.0 Å². The van der Waals surface area contributed by atoms with Crippen molar-refractivity contribution in [3.05, 3.63) is 23.5 Å². The first-order chi connectivity index (χ1) is 9.51. The van der Waals surface area contributed by atoms with Crippen molar-refractivity contribution in [2.75, 3.05) is 16.8 Å². The monoisotopic (exact) mass is 298 g/mol. The normalized spacial score (nSPS) is 21.9. The highest BCUT2D eigenvalue weighted by Crippen LogP contribution is 2.32. The van der Waals surface area contributed by atoms with Crippen LogP contribution in [0.5, 0.6) is 0 Å². The number of thioether (sulfide) groups is 1. The maximum absolute atomic E-state index is 13.9. The van der Waals surface area contributed by atoms with Gasteiger partial charge in [-0.05, 0) is 37.1 Å². The van der Waals surface area contributed by atoms with Gasteiger partial charge in [-0.3, -0.25) is 0 Å². The Labute approximate surface area is 121 Å². The molecule has 0 bridgehead atoms. The highest BCUT2D eigenvalue weighted by Gasteiger charge is 2.25. The smallest absolute Gasteiger partial charge is 0.337 e. The summed E-state index contributed by atoms with van der Waals surface area (Å²) in [7, 11) is 0. The molecule has 0 amide bonds. The van der Waals surface area contributed by atoms with Crippen LogP contribution in [0.15, 0.2) is 12.1 Å². The number of aromatic carboxylic acids is 1. The number of nitrogens with one attached hydrogen (secondary N) is 1. The Balaban J connectivity index is 2.10. The summed E-state index contributed by atoms with van der Waals surface area (Å²) in [4.78, 5) is 11.0. The lowest BCUT2D eigenvalue weighted by atomic mass is 10.1. The summed E-state index contributed by atoms with van der Waals surface area (Å²) >= 11 is 1.92. The lowest BCUT2D eigenvalue weighted by Crippen LogP contribution is -2.18. The molecule has 4 nitrogen and oxygen atoms in total. The van der Waals surface area contributed by atoms with E-state index in [-0.39, 0.29) is 23.0 Å². The molecule has 1 saturated carbocycles. The molecular weight excluding hydrogens is 279 g/mol. The van der Waals surface area contributed by atoms with Crippen molar-refractivity contribution in [3.63, 3.8) is 0 Å². The molecule has 0 aliphatic heterocycles. The Morgan fingerprint density at radius 2 is 2.30 bits per heavy atom. The number of carboxylic acids is 1. The van der Waals surface area contributed by atoms with E-state index in [4.69, 9.17) is 10.8 Å². The molecule has 1 fully saturated rings. The van der Waals surface area contributed by atoms with Crippen molar-refractivity contribution in [1.82, 2.24) is 0 Å². The SMILES string of the molecule is CCSC1CCC(Nc2cc(C(=O)O)c(N)cc2F)C1. The number of nitrogen functional groups attached to an aromatic ring is 1. The molecule has 0 heterocycles. The lowest BCUT2D eigenvalue weighted by Gasteiger charge is -2.16. The fourth-order valence-corrected chi connectivity index (χ4v) is 3.71. The lowest BCUT2D eigenvalue weighted by molar-refractivity contribution is 0.0698. The Morgan fingerprint density at radius 1 is 1.55 bits per heavy atom. The van der Waals surface area contributed by atoms with Gasteiger partial charge in [0.1, 0.15) is 5.82 Å². The molecule has 0 saturated heterocycles. The third-order valence-corrected chi connectivity index (χ3v) is 4.75. The number of benzene rings is 1. The topological polar surface area (TPSA) is 75.3 Å². The van der Waals surface area contributed by atoms with E-state index < -0.39 is 11.8 Å². The summed E-state index contributed by atoms with van der Waals surface area (Å²) < 4.78 is 13.9. The second kappa shape index (κ2) is 6.35. The minimum atomic E-state index is -1.14. The van der Waals surface area contributed by atoms with Crippen LogP contribution >= 0.6 is 11.8 Å². The van der Waals surface area contributed by atoms with Crippen molar-refractivity contribution in [2.45, 2.75) is 37.5 Å². The molecular formula is C14H19FN2O2S. The number of halogens is 1. The van der Waals surface area contributed by atoms with Crippen LogP contribution in [-0.4, -0.2) is 28.1 Å². The highest BCUT2D eigenvalue weighted by atomic mass is 32.2. The van der Waals surface area contributed by atoms with Gasteiger partial charge in [-0.15, -0.1) is 0 Å². The zero-order chi connectivity index (χ0) is 14.7. The zero-order valence-corrected chi connectivity index (χ0v) is 12.2. The minimum absolute atomic E-state index is 0.0496. The van der Waals surface area contributed by atoms with Gasteiger partial charge in [0.2, 0.25) is 0 Å². The first-order valence-corrected chi connectivity index (χ1v) is 7.76. The molecule has 20 heavy (non-hydrogen) atoms. The Bertz CT molecular complexity index is 510. The Kier molecular flexibility index (Phi) is 4.75. The minimum Gasteiger partial charge on any atom is -0.478 e. The summed E-state index contributed by atoms with van der Waals surface area (Å²) in [5, 5.41) is 12.7. The maximum atomic E-state index is 13.9. The molecule has 2 atom stereocenters. The van der Waals surface area contributed by atoms with E-state index in [1.54, 1.807) is 0 Å². The Hall–Kier alpha value is -1.43. The van der Waals surface area contributed by atoms with Crippen molar-refractivity contribution in [3.8, 4) is 0 Å². The van der Waals surface area contributed by atoms with Crippen LogP contribution in [0.25, 0.3) is 0 Å². The van der Waals surface area contributed by atoms with Crippen molar-refractivity contribution >= 4 is 29.1 Å². The van der Waals surface area contributed by atoms with Crippen LogP contribution in [0.2, 0.25) is 0 Å². The van der Waals surface area contributed by atoms with Crippen LogP contribution in [-0.2, 0) is 0 Å². The largest absolute Gasteiger partial charge is 0.478 e. The van der Waals surface area contributed by atoms with Gasteiger partial charge in [0.15, 0.2) is 0 Å². The molecule has 1 aromatic carbocycles. The molecule has 0 radical (unpaired) electrons. The highest BCUT2D eigenvalue weighted by molar-refractivity contribution is 7.99. The predicted octanol–water partition coefficient (Wildman–Crippen LogP) is 3.19. The number of nitrogens with two attached hydrogens (primary N) is 1. The standard InChI is InChI=1S/C14H19FN2O2S/c1-2-20-9-4-3-8(5-9)17-13-6-10(14(18)19)12(16)7-11(13)15/h6-9,17H,2-5,16H2,1H3,(H,18,19). The molecule has 2 rings (SSSR count). The summed E-state index contributed by atoms with van der Waals surface area (Å²) in [6.45, 7) is 2.13. The van der Waals surface area contributed by atoms with Crippen molar-refractivity contribution in [1.29, 1.82) is 0 Å². The van der Waals surface area contributed by atoms with E-state index in [1.807, 2.05) is 11.8 Å². The number of hydrogen-bond donors (Lipinski definition) is 3. The molecule has 0 aromatic heterocycles. The van der Waals surface area contributed by atoms with E-state index in [0.29, 0.717) is 5.25 Å². The second-order valence-corrected chi connectivity index (χ2v) is 6.53. The third kappa shape index (κ3) is 3.36. The fraction of sp³-hybridized carbons (Fsp3) is 0.500. The molecule has 4 N–H and O–H groups in total. The van der Waals surface area contributed by atoms with Gasteiger partial charge in [0.25, 0.3) is 0 Å². The number of anilines is 2. The Morgan fingerprint density at radius 3 is 2.95 bits per heavy atom. The van der Waals surface area contributed by atoms with Gasteiger partial charge in [-0.1, -0.05) is 6.92 Å². The quantitative estimate of drug-likeness (QED) is 0.728. The van der Waals surface area contributed by atoms with Gasteiger partial charge >= 0.3 is 5.97 Å². The first kappa shape index (κ1) is 15.0. The van der Waals surface area contributed by atoms with Crippen LogP contribution < -0.4 is 11.1 Å². The van der Waals surface area contributed by atoms with E-state index in [1.165, 1.54) is 6.07 Å². The zero-order valence-electron chi connectivity index (χ0n) is 11.4. The average molecular weight is 298 g/mol. The van der Waals surface area contributed by atoms with Crippen LogP contribution in [0.1, 0.15) is 36.5 Å². The summed E-state index contributed by atoms with van der Waals surface area (Å²) in [6.07, 6.45) is 3.06. The van der Waals surface area contributed by atoms with E-state index in [9.17, 15) is 9.18 Å². The number of rotatable bonds is 5. The predicted molar refractivity (Wildman–Crippen MR) is 81.0 cm³/mol. The van der Waals surface area contributed by atoms with E-state index >= 15 is 0 Å². The van der Waals surface area contributed by atoms with Crippen LogP contribution in [0, 0.1) is 5.82 Å². The summed E-state index contributed by atoms with van der Waals surface area (Å²) in [5.74, 6) is -0.563. The number of carboxylic acid groups (broad SMARTS) is 1. The molecule has 0 spiro atoms. The van der Waals surface area contributed by atoms with Crippen molar-refractivity contribution < 1.29 is 14.3 Å². The van der Waals surface area contributed by atoms with E-state index in [0.717, 1.165) is 31.1 Å². The number of hydrogen-bond acceptors (Lipinski definition) is 4. The third-order valence-electron chi connectivity index (χ3n) is 3.52. The van der Waals surface area contributed by atoms with Crippen LogP contribution in [0.4, 0.5) is 15.8 Å². The molecule has 2 unspecified atom stereocenters. The summed E-state index contributed by atoms with van der Waals surface area (Å²) in [6, 6.07) is 2.55. The fourth-order valence-electron chi connectivity index (χ4n) is 2.56. The number of carbonyl (C=O) groups is 1. The molecule has 1 aromatic rings. The molecule has 6 heteroatoms. The average Bonchev–Trinajstić information content (AvgIpc) is 2.80. The van der Waals surface area contributed by atoms with Gasteiger partial charge in [-0.2, -0.15) is 11.8 Å². The molecule has 1 aliphatic rings. The van der Waals surface area contributed by atoms with Gasteiger partial charge < -0.3 is 16.2 Å². The van der Waals surface area contributed by atoms with Gasteiger partial charge in [0.05, 0.1) is 11.3 Å². The summed E-state index contributed by atoms with van der Waals surface area (Å²) in [5.41, 5.74) is 5.62. The van der Waals surface area contributed by atoms with Crippen molar-refractivity contribution in [2.24, 2.45) is 0 Å². The first-order valence-electron chi connectivity index (χ1n) is 6.71. The van der Waals surface area contributed by atoms with Crippen LogP contribution in [0.3, 0.4) is 0 Å². The van der Waals surface area contributed by atoms with E-state index in [2.05, 4.69) is 12.2 Å². The second-order valence-electron chi connectivity index (χ2n) is 4.96. The molecule has 1 aliphatic carbocycles. The molecule has 110 valence electrons.